The molecular formula is C14H15ClN2O7S. The maximum absolute atomic E-state index is 12.0. The Morgan fingerprint density at radius 2 is 2.12 bits per heavy atom. The third-order valence-electron chi connectivity index (χ3n) is 3.66. The van der Waals surface area contributed by atoms with E-state index in [1.165, 1.54) is 6.07 Å². The Bertz CT molecular complexity index is 840. The van der Waals surface area contributed by atoms with Gasteiger partial charge in [0.2, 0.25) is 0 Å². The zero-order valence-electron chi connectivity index (χ0n) is 13.2. The molecular weight excluding hydrogens is 376 g/mol. The van der Waals surface area contributed by atoms with Crippen LogP contribution in [0, 0.1) is 10.1 Å². The van der Waals surface area contributed by atoms with E-state index in [9.17, 15) is 28.1 Å². The minimum Gasteiger partial charge on any atom is -0.452 e. The summed E-state index contributed by atoms with van der Waals surface area (Å²) in [6.45, 7) is 0.933. The first-order chi connectivity index (χ1) is 11.5. The molecule has 11 heteroatoms. The number of hydrogen-bond acceptors (Lipinski definition) is 7. The number of carbonyl (C=O) groups is 2. The molecule has 0 bridgehead atoms. The van der Waals surface area contributed by atoms with Gasteiger partial charge in [-0.2, -0.15) is 0 Å². The lowest BCUT2D eigenvalue weighted by molar-refractivity contribution is -0.384. The topological polar surface area (TPSA) is 133 Å². The van der Waals surface area contributed by atoms with Crippen molar-refractivity contribution in [2.24, 2.45) is 0 Å². The standard InChI is InChI=1S/C14H15ClN2O7S/c1-14(4-5-25(22,23)8-14)16-12(18)7-24-13(19)10-6-9(17(20)21)2-3-11(10)15/h2-3,6H,4-5,7-8H2,1H3,(H,16,18)/t14-/m1/s1. The van der Waals surface area contributed by atoms with E-state index >= 15 is 0 Å². The highest BCUT2D eigenvalue weighted by atomic mass is 35.5. The molecule has 1 aliphatic heterocycles. The Morgan fingerprint density at radius 3 is 2.68 bits per heavy atom. The summed E-state index contributed by atoms with van der Waals surface area (Å²) >= 11 is 5.81. The van der Waals surface area contributed by atoms with Crippen LogP contribution in [0.2, 0.25) is 5.02 Å². The summed E-state index contributed by atoms with van der Waals surface area (Å²) in [6, 6.07) is 3.27. The quantitative estimate of drug-likeness (QED) is 0.452. The number of nitrogens with one attached hydrogen (secondary N) is 1. The summed E-state index contributed by atoms with van der Waals surface area (Å²) in [5.41, 5.74) is -1.49. The molecule has 9 nitrogen and oxygen atoms in total. The molecule has 0 unspecified atom stereocenters. The van der Waals surface area contributed by atoms with Gasteiger partial charge in [-0.1, -0.05) is 11.6 Å². The normalized spacial score (nSPS) is 21.5. The summed E-state index contributed by atoms with van der Waals surface area (Å²) in [5.74, 6) is -1.87. The molecule has 0 saturated carbocycles. The van der Waals surface area contributed by atoms with Crippen LogP contribution in [-0.2, 0) is 19.4 Å². The summed E-state index contributed by atoms with van der Waals surface area (Å²) in [6.07, 6.45) is 0.270. The van der Waals surface area contributed by atoms with Gasteiger partial charge in [0.1, 0.15) is 0 Å². The number of halogens is 1. The number of esters is 1. The van der Waals surface area contributed by atoms with Crippen molar-refractivity contribution in [1.82, 2.24) is 5.32 Å². The van der Waals surface area contributed by atoms with Gasteiger partial charge in [0.15, 0.2) is 16.4 Å². The molecule has 0 aromatic heterocycles. The highest BCUT2D eigenvalue weighted by Crippen LogP contribution is 2.24. The number of nitro groups is 1. The number of carbonyl (C=O) groups excluding carboxylic acids is 2. The lowest BCUT2D eigenvalue weighted by Gasteiger charge is -2.23. The lowest BCUT2D eigenvalue weighted by atomic mass is 10.0. The number of amides is 1. The number of nitrogens with zero attached hydrogens (tertiary/aromatic N) is 1. The number of nitro benzene ring substituents is 1. The summed E-state index contributed by atoms with van der Waals surface area (Å²) in [7, 11) is -3.20. The van der Waals surface area contributed by atoms with Crippen molar-refractivity contribution in [3.8, 4) is 0 Å². The number of rotatable bonds is 5. The van der Waals surface area contributed by atoms with Crippen LogP contribution >= 0.6 is 11.6 Å². The van der Waals surface area contributed by atoms with Crippen LogP contribution < -0.4 is 5.32 Å². The second-order valence-corrected chi connectivity index (χ2v) is 8.54. The molecule has 0 spiro atoms. The first kappa shape index (κ1) is 19.1. The predicted octanol–water partition coefficient (Wildman–Crippen LogP) is 1.10. The highest BCUT2D eigenvalue weighted by molar-refractivity contribution is 7.91. The van der Waals surface area contributed by atoms with E-state index in [4.69, 9.17) is 16.3 Å². The molecule has 0 aliphatic carbocycles. The zero-order chi connectivity index (χ0) is 18.8. The second-order valence-electron chi connectivity index (χ2n) is 5.95. The maximum atomic E-state index is 12.0. The molecule has 1 atom stereocenters. The van der Waals surface area contributed by atoms with Crippen LogP contribution in [0.4, 0.5) is 5.69 Å². The Balaban J connectivity index is 1.97. The molecule has 0 radical (unpaired) electrons. The average Bonchev–Trinajstić information content (AvgIpc) is 2.78. The van der Waals surface area contributed by atoms with Crippen LogP contribution in [0.1, 0.15) is 23.7 Å². The van der Waals surface area contributed by atoms with Crippen molar-refractivity contribution in [2.45, 2.75) is 18.9 Å². The second kappa shape index (κ2) is 6.96. The van der Waals surface area contributed by atoms with Crippen molar-refractivity contribution in [3.63, 3.8) is 0 Å². The van der Waals surface area contributed by atoms with E-state index in [1.807, 2.05) is 0 Å². The van der Waals surface area contributed by atoms with Crippen molar-refractivity contribution < 1.29 is 27.7 Å². The minimum atomic E-state index is -3.20. The van der Waals surface area contributed by atoms with Gasteiger partial charge in [0.25, 0.3) is 11.6 Å². The molecule has 25 heavy (non-hydrogen) atoms. The first-order valence-corrected chi connectivity index (χ1v) is 9.34. The van der Waals surface area contributed by atoms with Crippen molar-refractivity contribution in [3.05, 3.63) is 38.9 Å². The Kier molecular flexibility index (Phi) is 5.33. The predicted molar refractivity (Wildman–Crippen MR) is 88.2 cm³/mol. The Hall–Kier alpha value is -2.20. The average molecular weight is 391 g/mol. The van der Waals surface area contributed by atoms with E-state index in [0.29, 0.717) is 0 Å². The number of non-ortho nitro benzene ring substituents is 1. The van der Waals surface area contributed by atoms with Gasteiger partial charge < -0.3 is 10.1 Å². The van der Waals surface area contributed by atoms with Gasteiger partial charge in [-0.05, 0) is 19.4 Å². The molecule has 1 aliphatic rings. The van der Waals surface area contributed by atoms with Crippen molar-refractivity contribution >= 4 is 39.0 Å². The van der Waals surface area contributed by atoms with E-state index in [2.05, 4.69) is 5.32 Å². The molecule has 1 aromatic rings. The summed E-state index contributed by atoms with van der Waals surface area (Å²) in [5, 5.41) is 13.2. The van der Waals surface area contributed by atoms with Crippen LogP contribution in [-0.4, -0.2) is 48.9 Å². The van der Waals surface area contributed by atoms with E-state index in [1.54, 1.807) is 6.92 Å². The monoisotopic (exact) mass is 390 g/mol. The molecule has 1 N–H and O–H groups in total. The summed E-state index contributed by atoms with van der Waals surface area (Å²) in [4.78, 5) is 33.9. The number of hydrogen-bond donors (Lipinski definition) is 1. The number of ether oxygens (including phenoxy) is 1. The third kappa shape index (κ3) is 4.89. The van der Waals surface area contributed by atoms with Gasteiger partial charge in [0.05, 0.1) is 32.6 Å². The molecule has 136 valence electrons. The van der Waals surface area contributed by atoms with E-state index in [-0.39, 0.29) is 34.2 Å². The fourth-order valence-electron chi connectivity index (χ4n) is 2.47. The molecule has 1 heterocycles. The van der Waals surface area contributed by atoms with E-state index < -0.39 is 38.8 Å². The Labute approximate surface area is 148 Å². The van der Waals surface area contributed by atoms with Gasteiger partial charge in [-0.25, -0.2) is 13.2 Å². The molecule has 2 rings (SSSR count). The maximum Gasteiger partial charge on any atom is 0.340 e. The van der Waals surface area contributed by atoms with Gasteiger partial charge in [0, 0.05) is 12.1 Å². The molecule has 1 aromatic carbocycles. The fourth-order valence-corrected chi connectivity index (χ4v) is 4.76. The number of benzene rings is 1. The van der Waals surface area contributed by atoms with Gasteiger partial charge >= 0.3 is 5.97 Å². The van der Waals surface area contributed by atoms with Crippen LogP contribution in [0.5, 0.6) is 0 Å². The fraction of sp³-hybridized carbons (Fsp3) is 0.429. The minimum absolute atomic E-state index is 0.0210. The van der Waals surface area contributed by atoms with Crippen LogP contribution in [0.3, 0.4) is 0 Å². The van der Waals surface area contributed by atoms with Crippen molar-refractivity contribution in [2.75, 3.05) is 18.1 Å². The number of sulfone groups is 1. The summed E-state index contributed by atoms with van der Waals surface area (Å²) < 4.78 is 27.8. The van der Waals surface area contributed by atoms with Crippen LogP contribution in [0.25, 0.3) is 0 Å². The SMILES string of the molecule is C[C@@]1(NC(=O)COC(=O)c2cc([N+](=O)[O-])ccc2Cl)CCS(=O)(=O)C1. The largest absolute Gasteiger partial charge is 0.452 e. The molecule has 1 saturated heterocycles. The zero-order valence-corrected chi connectivity index (χ0v) is 14.7. The van der Waals surface area contributed by atoms with Crippen molar-refractivity contribution in [1.29, 1.82) is 0 Å². The van der Waals surface area contributed by atoms with Gasteiger partial charge in [-0.15, -0.1) is 0 Å². The first-order valence-electron chi connectivity index (χ1n) is 7.14. The lowest BCUT2D eigenvalue weighted by Crippen LogP contribution is -2.48. The van der Waals surface area contributed by atoms with Crippen LogP contribution in [0.15, 0.2) is 18.2 Å². The molecule has 1 amide bonds. The van der Waals surface area contributed by atoms with E-state index in [0.717, 1.165) is 12.1 Å². The Morgan fingerprint density at radius 1 is 1.44 bits per heavy atom. The highest BCUT2D eigenvalue weighted by Gasteiger charge is 2.39. The third-order valence-corrected chi connectivity index (χ3v) is 5.89. The smallest absolute Gasteiger partial charge is 0.340 e. The molecule has 1 fully saturated rings. The van der Waals surface area contributed by atoms with Gasteiger partial charge in [-0.3, -0.25) is 14.9 Å².